The van der Waals surface area contributed by atoms with Crippen LogP contribution in [0.3, 0.4) is 0 Å². The Morgan fingerprint density at radius 3 is 2.65 bits per heavy atom. The van der Waals surface area contributed by atoms with Gasteiger partial charge in [0, 0.05) is 13.1 Å². The highest BCUT2D eigenvalue weighted by molar-refractivity contribution is 6.33. The minimum absolute atomic E-state index is 0.0847. The largest absolute Gasteiger partial charge is 0.466 e. The van der Waals surface area contributed by atoms with E-state index in [1.54, 1.807) is 13.0 Å². The number of piperidine rings is 1. The summed E-state index contributed by atoms with van der Waals surface area (Å²) < 4.78 is 19.1. The van der Waals surface area contributed by atoms with Crippen molar-refractivity contribution in [2.75, 3.05) is 24.6 Å². The molecule has 2 rings (SSSR count). The van der Waals surface area contributed by atoms with E-state index in [1.165, 1.54) is 6.07 Å². The number of benzene rings is 1. The lowest BCUT2D eigenvalue weighted by atomic mass is 9.96. The number of rotatable bonds is 3. The molecule has 1 aliphatic rings. The van der Waals surface area contributed by atoms with Gasteiger partial charge >= 0.3 is 5.97 Å². The third kappa shape index (κ3) is 3.23. The van der Waals surface area contributed by atoms with Crippen molar-refractivity contribution in [3.8, 4) is 0 Å². The van der Waals surface area contributed by atoms with Gasteiger partial charge in [-0.2, -0.15) is 0 Å². The van der Waals surface area contributed by atoms with Crippen LogP contribution in [0, 0.1) is 18.7 Å². The van der Waals surface area contributed by atoms with E-state index < -0.39 is 0 Å². The zero-order valence-electron chi connectivity index (χ0n) is 11.8. The normalized spacial score (nSPS) is 16.3. The summed E-state index contributed by atoms with van der Waals surface area (Å²) >= 11 is 6.14. The first kappa shape index (κ1) is 15.1. The molecule has 1 aromatic rings. The van der Waals surface area contributed by atoms with E-state index in [2.05, 4.69) is 0 Å². The fraction of sp³-hybridized carbons (Fsp3) is 0.533. The Morgan fingerprint density at radius 1 is 1.45 bits per heavy atom. The van der Waals surface area contributed by atoms with Crippen molar-refractivity contribution in [2.45, 2.75) is 26.7 Å². The average Bonchev–Trinajstić information content (AvgIpc) is 2.38. The molecule has 0 atom stereocenters. The fourth-order valence-electron chi connectivity index (χ4n) is 2.59. The molecule has 1 fully saturated rings. The monoisotopic (exact) mass is 299 g/mol. The third-order valence-corrected chi connectivity index (χ3v) is 3.88. The third-order valence-electron chi connectivity index (χ3n) is 3.59. The van der Waals surface area contributed by atoms with Gasteiger partial charge < -0.3 is 9.64 Å². The van der Waals surface area contributed by atoms with Crippen molar-refractivity contribution < 1.29 is 13.9 Å². The number of nitrogens with zero attached hydrogens (tertiary/aromatic N) is 1. The lowest BCUT2D eigenvalue weighted by Gasteiger charge is -2.33. The van der Waals surface area contributed by atoms with Crippen LogP contribution >= 0.6 is 11.6 Å². The lowest BCUT2D eigenvalue weighted by molar-refractivity contribution is -0.148. The smallest absolute Gasteiger partial charge is 0.309 e. The Labute approximate surface area is 123 Å². The van der Waals surface area contributed by atoms with Crippen LogP contribution in [0.15, 0.2) is 12.1 Å². The molecular formula is C15H19ClFNO2. The molecular weight excluding hydrogens is 281 g/mol. The molecule has 0 N–H and O–H groups in total. The molecule has 0 bridgehead atoms. The molecule has 1 saturated heterocycles. The minimum atomic E-state index is -0.301. The van der Waals surface area contributed by atoms with Crippen LogP contribution in [0.4, 0.5) is 10.1 Å². The molecule has 20 heavy (non-hydrogen) atoms. The molecule has 0 amide bonds. The highest BCUT2D eigenvalue weighted by Crippen LogP contribution is 2.33. The van der Waals surface area contributed by atoms with Gasteiger partial charge in [0.25, 0.3) is 0 Å². The second-order valence-corrected chi connectivity index (χ2v) is 5.50. The average molecular weight is 300 g/mol. The summed E-state index contributed by atoms with van der Waals surface area (Å²) in [5.74, 6) is -0.536. The van der Waals surface area contributed by atoms with Gasteiger partial charge in [-0.25, -0.2) is 4.39 Å². The van der Waals surface area contributed by atoms with E-state index in [-0.39, 0.29) is 17.7 Å². The summed E-state index contributed by atoms with van der Waals surface area (Å²) in [6.07, 6.45) is 1.34. The van der Waals surface area contributed by atoms with Crippen molar-refractivity contribution in [1.82, 2.24) is 0 Å². The number of ether oxygens (including phenoxy) is 1. The fourth-order valence-corrected chi connectivity index (χ4v) is 2.98. The van der Waals surface area contributed by atoms with Gasteiger partial charge in [-0.15, -0.1) is 0 Å². The number of anilines is 1. The van der Waals surface area contributed by atoms with E-state index in [0.717, 1.165) is 5.56 Å². The molecule has 1 heterocycles. The Morgan fingerprint density at radius 2 is 2.10 bits per heavy atom. The molecule has 110 valence electrons. The first-order valence-corrected chi connectivity index (χ1v) is 7.28. The first-order chi connectivity index (χ1) is 9.52. The number of hydrogen-bond donors (Lipinski definition) is 0. The Bertz CT molecular complexity index is 476. The predicted octanol–water partition coefficient (Wildman–Crippen LogP) is 3.57. The minimum Gasteiger partial charge on any atom is -0.466 e. The highest BCUT2D eigenvalue weighted by Gasteiger charge is 2.28. The summed E-state index contributed by atoms with van der Waals surface area (Å²) in [5, 5.41) is 0.428. The van der Waals surface area contributed by atoms with Gasteiger partial charge in [0.15, 0.2) is 0 Å². The quantitative estimate of drug-likeness (QED) is 0.799. The van der Waals surface area contributed by atoms with Crippen molar-refractivity contribution in [2.24, 2.45) is 5.92 Å². The summed E-state index contributed by atoms with van der Waals surface area (Å²) in [6.45, 7) is 5.24. The van der Waals surface area contributed by atoms with Gasteiger partial charge in [-0.1, -0.05) is 11.6 Å². The van der Waals surface area contributed by atoms with Crippen molar-refractivity contribution in [1.29, 1.82) is 0 Å². The summed E-state index contributed by atoms with van der Waals surface area (Å²) in [7, 11) is 0. The molecule has 0 aromatic heterocycles. The molecule has 0 saturated carbocycles. The lowest BCUT2D eigenvalue weighted by Crippen LogP contribution is -2.37. The molecule has 0 aliphatic carbocycles. The summed E-state index contributed by atoms with van der Waals surface area (Å²) in [4.78, 5) is 13.6. The molecule has 0 radical (unpaired) electrons. The van der Waals surface area contributed by atoms with Crippen LogP contribution < -0.4 is 4.90 Å². The molecule has 5 heteroatoms. The number of esters is 1. The summed E-state index contributed by atoms with van der Waals surface area (Å²) in [6, 6.07) is 3.25. The zero-order chi connectivity index (χ0) is 14.7. The number of aryl methyl sites for hydroxylation is 1. The summed E-state index contributed by atoms with van der Waals surface area (Å²) in [5.41, 5.74) is 1.25. The van der Waals surface area contributed by atoms with Gasteiger partial charge in [0.1, 0.15) is 5.82 Å². The first-order valence-electron chi connectivity index (χ1n) is 6.90. The SMILES string of the molecule is CCOC(=O)C1CCN(c2c(F)cc(C)cc2Cl)CC1. The van der Waals surface area contributed by atoms with Crippen molar-refractivity contribution in [3.05, 3.63) is 28.5 Å². The maximum Gasteiger partial charge on any atom is 0.309 e. The number of carbonyl (C=O) groups is 1. The number of hydrogen-bond acceptors (Lipinski definition) is 3. The Hall–Kier alpha value is -1.29. The topological polar surface area (TPSA) is 29.5 Å². The number of carbonyl (C=O) groups excluding carboxylic acids is 1. The maximum atomic E-state index is 14.1. The van der Waals surface area contributed by atoms with E-state index in [1.807, 2.05) is 11.8 Å². The van der Waals surface area contributed by atoms with Gasteiger partial charge in [0.2, 0.25) is 0 Å². The molecule has 1 aliphatic heterocycles. The van der Waals surface area contributed by atoms with Crippen molar-refractivity contribution in [3.63, 3.8) is 0 Å². The van der Waals surface area contributed by atoms with Crippen LogP contribution in [-0.2, 0) is 9.53 Å². The zero-order valence-corrected chi connectivity index (χ0v) is 12.5. The molecule has 0 spiro atoms. The second-order valence-electron chi connectivity index (χ2n) is 5.09. The maximum absolute atomic E-state index is 14.1. The molecule has 1 aromatic carbocycles. The van der Waals surface area contributed by atoms with E-state index >= 15 is 0 Å². The Kier molecular flexibility index (Phi) is 4.86. The second kappa shape index (κ2) is 6.44. The van der Waals surface area contributed by atoms with Crippen LogP contribution in [0.5, 0.6) is 0 Å². The van der Waals surface area contributed by atoms with Gasteiger partial charge in [0.05, 0.1) is 23.2 Å². The Balaban J connectivity index is 2.06. The molecule has 0 unspecified atom stereocenters. The van der Waals surface area contributed by atoms with E-state index in [9.17, 15) is 9.18 Å². The molecule has 3 nitrogen and oxygen atoms in total. The van der Waals surface area contributed by atoms with Crippen molar-refractivity contribution >= 4 is 23.3 Å². The standard InChI is InChI=1S/C15H19ClFNO2/c1-3-20-15(19)11-4-6-18(7-5-11)14-12(16)8-10(2)9-13(14)17/h8-9,11H,3-7H2,1-2H3. The predicted molar refractivity (Wildman–Crippen MR) is 77.7 cm³/mol. The van der Waals surface area contributed by atoms with Gasteiger partial charge in [-0.3, -0.25) is 4.79 Å². The van der Waals surface area contributed by atoms with Crippen LogP contribution in [0.1, 0.15) is 25.3 Å². The van der Waals surface area contributed by atoms with E-state index in [4.69, 9.17) is 16.3 Å². The number of halogens is 2. The highest BCUT2D eigenvalue weighted by atomic mass is 35.5. The van der Waals surface area contributed by atoms with Crippen LogP contribution in [0.25, 0.3) is 0 Å². The van der Waals surface area contributed by atoms with Gasteiger partial charge in [-0.05, 0) is 44.4 Å². The van der Waals surface area contributed by atoms with Crippen LogP contribution in [0.2, 0.25) is 5.02 Å². The van der Waals surface area contributed by atoms with Crippen LogP contribution in [-0.4, -0.2) is 25.7 Å². The van der Waals surface area contributed by atoms with E-state index in [0.29, 0.717) is 43.2 Å².